The van der Waals surface area contributed by atoms with E-state index < -0.39 is 10.0 Å². The molecule has 0 radical (unpaired) electrons. The van der Waals surface area contributed by atoms with Crippen molar-refractivity contribution in [2.75, 3.05) is 4.72 Å². The van der Waals surface area contributed by atoms with Crippen LogP contribution in [0.4, 0.5) is 5.13 Å². The first kappa shape index (κ1) is 14.9. The summed E-state index contributed by atoms with van der Waals surface area (Å²) in [5.74, 6) is 0. The zero-order chi connectivity index (χ0) is 14.9. The van der Waals surface area contributed by atoms with Gasteiger partial charge >= 0.3 is 0 Å². The first-order chi connectivity index (χ1) is 9.29. The lowest BCUT2D eigenvalue weighted by atomic mass is 10.2. The van der Waals surface area contributed by atoms with Crippen LogP contribution < -0.4 is 10.5 Å². The zero-order valence-electron chi connectivity index (χ0n) is 10.9. The largest absolute Gasteiger partial charge is 0.389 e. The summed E-state index contributed by atoms with van der Waals surface area (Å²) in [4.78, 5) is 5.50. The van der Waals surface area contributed by atoms with Gasteiger partial charge in [0.05, 0.1) is 10.6 Å². The Morgan fingerprint density at radius 3 is 2.35 bits per heavy atom. The van der Waals surface area contributed by atoms with E-state index in [0.29, 0.717) is 10.7 Å². The molecule has 0 aliphatic rings. The predicted molar refractivity (Wildman–Crippen MR) is 84.7 cm³/mol. The SMILES string of the molecule is Cc1nc(NS(=O)(=O)c2ccc(C(N)=S)cc2)sc1C. The summed E-state index contributed by atoms with van der Waals surface area (Å²) < 4.78 is 26.8. The van der Waals surface area contributed by atoms with Crippen molar-refractivity contribution in [3.05, 3.63) is 40.4 Å². The number of sulfonamides is 1. The molecular formula is C12H13N3O2S3. The van der Waals surface area contributed by atoms with Crippen molar-refractivity contribution in [2.24, 2.45) is 5.73 Å². The number of benzene rings is 1. The third-order valence-electron chi connectivity index (χ3n) is 2.70. The fraction of sp³-hybridized carbons (Fsp3) is 0.167. The molecule has 0 aliphatic carbocycles. The molecule has 20 heavy (non-hydrogen) atoms. The summed E-state index contributed by atoms with van der Waals surface area (Å²) in [5.41, 5.74) is 6.92. The third kappa shape index (κ3) is 3.14. The van der Waals surface area contributed by atoms with E-state index in [-0.39, 0.29) is 9.88 Å². The Morgan fingerprint density at radius 1 is 1.30 bits per heavy atom. The van der Waals surface area contributed by atoms with Crippen LogP contribution in [0.5, 0.6) is 0 Å². The highest BCUT2D eigenvalue weighted by molar-refractivity contribution is 7.93. The Bertz CT molecular complexity index is 729. The van der Waals surface area contributed by atoms with Crippen molar-refractivity contribution in [3.63, 3.8) is 0 Å². The minimum atomic E-state index is -3.65. The van der Waals surface area contributed by atoms with Crippen LogP contribution in [0, 0.1) is 13.8 Å². The molecule has 0 bridgehead atoms. The molecule has 0 spiro atoms. The van der Waals surface area contributed by atoms with E-state index in [1.54, 1.807) is 12.1 Å². The number of thiocarbonyl (C=S) groups is 1. The lowest BCUT2D eigenvalue weighted by Gasteiger charge is -2.06. The fourth-order valence-electron chi connectivity index (χ4n) is 1.49. The first-order valence-corrected chi connectivity index (χ1v) is 8.37. The van der Waals surface area contributed by atoms with E-state index in [4.69, 9.17) is 18.0 Å². The van der Waals surface area contributed by atoms with Gasteiger partial charge in [0.1, 0.15) is 4.99 Å². The molecular weight excluding hydrogens is 314 g/mol. The topological polar surface area (TPSA) is 85.1 Å². The molecule has 1 aromatic heterocycles. The summed E-state index contributed by atoms with van der Waals surface area (Å²) in [5, 5.41) is 0.360. The quantitative estimate of drug-likeness (QED) is 0.841. The second-order valence-corrected chi connectivity index (χ2v) is 7.48. The van der Waals surface area contributed by atoms with Crippen molar-refractivity contribution in [2.45, 2.75) is 18.7 Å². The number of anilines is 1. The zero-order valence-corrected chi connectivity index (χ0v) is 13.3. The van der Waals surface area contributed by atoms with Gasteiger partial charge in [0.15, 0.2) is 5.13 Å². The van der Waals surface area contributed by atoms with Gasteiger partial charge in [-0.2, -0.15) is 0 Å². The molecule has 0 saturated carbocycles. The van der Waals surface area contributed by atoms with Crippen LogP contribution in [0.1, 0.15) is 16.1 Å². The van der Waals surface area contributed by atoms with E-state index in [0.717, 1.165) is 10.6 Å². The molecule has 0 unspecified atom stereocenters. The smallest absolute Gasteiger partial charge is 0.263 e. The molecule has 0 saturated heterocycles. The maximum atomic E-state index is 12.2. The Balaban J connectivity index is 2.28. The average molecular weight is 327 g/mol. The van der Waals surface area contributed by atoms with E-state index >= 15 is 0 Å². The van der Waals surface area contributed by atoms with Gasteiger partial charge in [0.25, 0.3) is 10.0 Å². The van der Waals surface area contributed by atoms with Crippen LogP contribution >= 0.6 is 23.6 Å². The van der Waals surface area contributed by atoms with Crippen molar-refractivity contribution in [1.29, 1.82) is 0 Å². The van der Waals surface area contributed by atoms with Crippen LogP contribution in [-0.2, 0) is 10.0 Å². The van der Waals surface area contributed by atoms with Crippen LogP contribution in [0.25, 0.3) is 0 Å². The second-order valence-electron chi connectivity index (χ2n) is 4.15. The lowest BCUT2D eigenvalue weighted by Crippen LogP contribution is -2.14. The standard InChI is InChI=1S/C12H13N3O2S3/c1-7-8(2)19-12(14-7)15-20(16,17)10-5-3-9(4-6-10)11(13)18/h3-6H,1-2H3,(H2,13,18)(H,14,15). The van der Waals surface area contributed by atoms with Gasteiger partial charge in [-0.05, 0) is 26.0 Å². The molecule has 3 N–H and O–H groups in total. The van der Waals surface area contributed by atoms with Gasteiger partial charge in [-0.1, -0.05) is 24.4 Å². The van der Waals surface area contributed by atoms with Gasteiger partial charge in [-0.25, -0.2) is 13.4 Å². The summed E-state index contributed by atoms with van der Waals surface area (Å²) in [6, 6.07) is 6.08. The van der Waals surface area contributed by atoms with E-state index in [1.165, 1.54) is 23.5 Å². The number of nitrogens with two attached hydrogens (primary N) is 1. The summed E-state index contributed by atoms with van der Waals surface area (Å²) in [7, 11) is -3.65. The van der Waals surface area contributed by atoms with Crippen LogP contribution in [-0.4, -0.2) is 18.4 Å². The number of aromatic nitrogens is 1. The molecule has 1 heterocycles. The van der Waals surface area contributed by atoms with Gasteiger partial charge in [0, 0.05) is 10.4 Å². The van der Waals surface area contributed by atoms with Crippen LogP contribution in [0.2, 0.25) is 0 Å². The maximum absolute atomic E-state index is 12.2. The fourth-order valence-corrected chi connectivity index (χ4v) is 3.67. The van der Waals surface area contributed by atoms with Crippen LogP contribution in [0.15, 0.2) is 29.2 Å². The van der Waals surface area contributed by atoms with Crippen molar-refractivity contribution in [1.82, 2.24) is 4.98 Å². The van der Waals surface area contributed by atoms with Gasteiger partial charge in [-0.15, -0.1) is 11.3 Å². The summed E-state index contributed by atoms with van der Waals surface area (Å²) >= 11 is 6.13. The molecule has 8 heteroatoms. The van der Waals surface area contributed by atoms with E-state index in [9.17, 15) is 8.42 Å². The van der Waals surface area contributed by atoms with Crippen molar-refractivity contribution in [3.8, 4) is 0 Å². The Kier molecular flexibility index (Phi) is 4.07. The highest BCUT2D eigenvalue weighted by atomic mass is 32.2. The molecule has 5 nitrogen and oxygen atoms in total. The predicted octanol–water partition coefficient (Wildman–Crippen LogP) is 2.19. The molecule has 2 rings (SSSR count). The minimum absolute atomic E-state index is 0.142. The molecule has 106 valence electrons. The molecule has 0 atom stereocenters. The Labute approximate surface area is 126 Å². The summed E-state index contributed by atoms with van der Waals surface area (Å²) in [6.07, 6.45) is 0. The van der Waals surface area contributed by atoms with Crippen LogP contribution in [0.3, 0.4) is 0 Å². The lowest BCUT2D eigenvalue weighted by molar-refractivity contribution is 0.601. The average Bonchev–Trinajstić information content (AvgIpc) is 2.67. The number of nitrogens with zero attached hydrogens (tertiary/aromatic N) is 1. The Morgan fingerprint density at radius 2 is 1.90 bits per heavy atom. The maximum Gasteiger partial charge on any atom is 0.263 e. The molecule has 0 aliphatic heterocycles. The summed E-state index contributed by atoms with van der Waals surface area (Å²) in [6.45, 7) is 3.72. The van der Waals surface area contributed by atoms with E-state index in [2.05, 4.69) is 9.71 Å². The number of hydrogen-bond donors (Lipinski definition) is 2. The third-order valence-corrected chi connectivity index (χ3v) is 5.41. The Hall–Kier alpha value is -1.51. The monoisotopic (exact) mass is 327 g/mol. The van der Waals surface area contributed by atoms with Gasteiger partial charge < -0.3 is 5.73 Å². The second kappa shape index (κ2) is 5.47. The highest BCUT2D eigenvalue weighted by Gasteiger charge is 2.16. The molecule has 1 aromatic carbocycles. The highest BCUT2D eigenvalue weighted by Crippen LogP contribution is 2.24. The number of hydrogen-bond acceptors (Lipinski definition) is 5. The molecule has 2 aromatic rings. The minimum Gasteiger partial charge on any atom is -0.389 e. The number of nitrogens with one attached hydrogen (secondary N) is 1. The van der Waals surface area contributed by atoms with Gasteiger partial charge in [0.2, 0.25) is 0 Å². The van der Waals surface area contributed by atoms with Crippen molar-refractivity contribution < 1.29 is 8.42 Å². The number of thiazole rings is 1. The number of aryl methyl sites for hydroxylation is 2. The number of rotatable bonds is 4. The molecule has 0 amide bonds. The van der Waals surface area contributed by atoms with Gasteiger partial charge in [-0.3, -0.25) is 4.72 Å². The normalized spacial score (nSPS) is 11.3. The van der Waals surface area contributed by atoms with Crippen molar-refractivity contribution >= 4 is 43.7 Å². The van der Waals surface area contributed by atoms with E-state index in [1.807, 2.05) is 13.8 Å². The molecule has 0 fully saturated rings. The first-order valence-electron chi connectivity index (χ1n) is 5.66.